The lowest BCUT2D eigenvalue weighted by Crippen LogP contribution is -2.63. The molecule has 124 valence electrons. The van der Waals surface area contributed by atoms with Crippen LogP contribution in [0.2, 0.25) is 0 Å². The van der Waals surface area contributed by atoms with Crippen LogP contribution >= 0.6 is 0 Å². The third-order valence-electron chi connectivity index (χ3n) is 6.08. The van der Waals surface area contributed by atoms with Gasteiger partial charge in [0.2, 0.25) is 11.7 Å². The van der Waals surface area contributed by atoms with Gasteiger partial charge >= 0.3 is 0 Å². The molecule has 6 heteroatoms. The van der Waals surface area contributed by atoms with Gasteiger partial charge in [0.15, 0.2) is 10.8 Å². The molecule has 5 unspecified atom stereocenters. The Labute approximate surface area is 141 Å². The highest BCUT2D eigenvalue weighted by Gasteiger charge is 2.79. The molecule has 1 aliphatic carbocycles. The van der Waals surface area contributed by atoms with E-state index in [1.54, 1.807) is 6.92 Å². The van der Waals surface area contributed by atoms with Crippen LogP contribution < -0.4 is 0 Å². The predicted molar refractivity (Wildman–Crippen MR) is 84.1 cm³/mol. The topological polar surface area (TPSA) is 114 Å². The molecule has 0 amide bonds. The molecule has 2 bridgehead atoms. The number of rotatable bonds is 2. The summed E-state index contributed by atoms with van der Waals surface area (Å²) in [5.41, 5.74) is -3.35. The van der Waals surface area contributed by atoms with Crippen molar-refractivity contribution in [1.82, 2.24) is 0 Å². The second kappa shape index (κ2) is 5.33. The Morgan fingerprint density at radius 1 is 1.25 bits per heavy atom. The van der Waals surface area contributed by atoms with Crippen LogP contribution in [0.25, 0.3) is 0 Å². The number of nitriles is 3. The summed E-state index contributed by atoms with van der Waals surface area (Å²) in [5.74, 6) is -2.04. The maximum absolute atomic E-state index is 9.99. The second-order valence-electron chi connectivity index (χ2n) is 6.85. The molecular formula is C18H20N4O2. The largest absolute Gasteiger partial charge is 0.447 e. The number of allylic oxidation sites excluding steroid dienone is 2. The van der Waals surface area contributed by atoms with Crippen molar-refractivity contribution in [3.05, 3.63) is 12.2 Å². The minimum Gasteiger partial charge on any atom is -0.447 e. The van der Waals surface area contributed by atoms with E-state index < -0.39 is 28.6 Å². The molecule has 0 radical (unpaired) electrons. The van der Waals surface area contributed by atoms with E-state index in [2.05, 4.69) is 24.3 Å². The highest BCUT2D eigenvalue weighted by Crippen LogP contribution is 2.64. The van der Waals surface area contributed by atoms with Crippen molar-refractivity contribution in [2.45, 2.75) is 51.4 Å². The molecule has 0 spiro atoms. The molecule has 3 rings (SSSR count). The first-order valence-corrected chi connectivity index (χ1v) is 8.32. The van der Waals surface area contributed by atoms with Crippen LogP contribution in [0, 0.1) is 62.1 Å². The molecule has 6 nitrogen and oxygen atoms in total. The Bertz CT molecular complexity index is 711. The molecule has 0 aromatic heterocycles. The molecule has 0 aromatic carbocycles. The number of ether oxygens (including phenoxy) is 2. The van der Waals surface area contributed by atoms with E-state index >= 15 is 0 Å². The fraction of sp³-hybridized carbons (Fsp3) is 0.667. The van der Waals surface area contributed by atoms with Crippen LogP contribution in [0.5, 0.6) is 0 Å². The lowest BCUT2D eigenvalue weighted by atomic mass is 9.52. The van der Waals surface area contributed by atoms with E-state index in [1.165, 1.54) is 0 Å². The van der Waals surface area contributed by atoms with Gasteiger partial charge in [-0.05, 0) is 25.2 Å². The third-order valence-corrected chi connectivity index (χ3v) is 6.08. The molecular weight excluding hydrogens is 304 g/mol. The standard InChI is InChI=1S/C18H20N4O2/c1-3-18-12(2)17(11-21,15(22)24-18)16(9-19,10-20)14(23-18)13-7-5-4-6-8-13/h4-5,12-14,22H,3,6-8H2,1-2H3. The summed E-state index contributed by atoms with van der Waals surface area (Å²) in [5, 5.41) is 38.3. The summed E-state index contributed by atoms with van der Waals surface area (Å²) >= 11 is 0. The van der Waals surface area contributed by atoms with Gasteiger partial charge in [0.25, 0.3) is 0 Å². The van der Waals surface area contributed by atoms with Gasteiger partial charge in [-0.15, -0.1) is 0 Å². The summed E-state index contributed by atoms with van der Waals surface area (Å²) in [6, 6.07) is 6.30. The number of fused-ring (bicyclic) bond motifs is 2. The van der Waals surface area contributed by atoms with Crippen LogP contribution in [0.3, 0.4) is 0 Å². The van der Waals surface area contributed by atoms with Crippen molar-refractivity contribution in [3.8, 4) is 18.2 Å². The average Bonchev–Trinajstić information content (AvgIpc) is 2.78. The Hall–Kier alpha value is -2.36. The molecule has 3 aliphatic rings. The lowest BCUT2D eigenvalue weighted by molar-refractivity contribution is -0.288. The zero-order valence-corrected chi connectivity index (χ0v) is 13.9. The van der Waals surface area contributed by atoms with Crippen LogP contribution in [0.4, 0.5) is 0 Å². The van der Waals surface area contributed by atoms with Crippen molar-refractivity contribution in [2.24, 2.45) is 22.7 Å². The smallest absolute Gasteiger partial charge is 0.216 e. The van der Waals surface area contributed by atoms with Gasteiger partial charge in [0, 0.05) is 6.42 Å². The summed E-state index contributed by atoms with van der Waals surface area (Å²) in [6.45, 7) is 3.62. The zero-order chi connectivity index (χ0) is 17.6. The zero-order valence-electron chi connectivity index (χ0n) is 13.9. The van der Waals surface area contributed by atoms with Crippen molar-refractivity contribution < 1.29 is 9.47 Å². The summed E-state index contributed by atoms with van der Waals surface area (Å²) in [4.78, 5) is 0. The molecule has 0 aromatic rings. The Kier molecular flexibility index (Phi) is 3.67. The van der Waals surface area contributed by atoms with Gasteiger partial charge in [-0.2, -0.15) is 15.8 Å². The Morgan fingerprint density at radius 3 is 2.46 bits per heavy atom. The SMILES string of the molecule is CCC12OC(=N)C(C#N)(C1C)C(C#N)(C#N)C(C1CC=CCC1)O2. The molecule has 1 N–H and O–H groups in total. The maximum Gasteiger partial charge on any atom is 0.216 e. The highest BCUT2D eigenvalue weighted by molar-refractivity contribution is 5.89. The molecule has 5 atom stereocenters. The summed E-state index contributed by atoms with van der Waals surface area (Å²) < 4.78 is 12.0. The van der Waals surface area contributed by atoms with Gasteiger partial charge in [0.1, 0.15) is 0 Å². The average molecular weight is 324 g/mol. The summed E-state index contributed by atoms with van der Waals surface area (Å²) in [6.07, 6.45) is 6.13. The minimum atomic E-state index is -1.75. The van der Waals surface area contributed by atoms with Gasteiger partial charge in [-0.1, -0.05) is 26.0 Å². The molecule has 24 heavy (non-hydrogen) atoms. The first-order valence-electron chi connectivity index (χ1n) is 8.32. The van der Waals surface area contributed by atoms with Crippen LogP contribution in [0.1, 0.15) is 39.5 Å². The van der Waals surface area contributed by atoms with E-state index in [0.717, 1.165) is 12.8 Å². The fourth-order valence-corrected chi connectivity index (χ4v) is 4.61. The van der Waals surface area contributed by atoms with E-state index in [9.17, 15) is 15.8 Å². The Balaban J connectivity index is 2.23. The number of hydrogen-bond donors (Lipinski definition) is 1. The van der Waals surface area contributed by atoms with E-state index in [1.807, 2.05) is 13.0 Å². The lowest BCUT2D eigenvalue weighted by Gasteiger charge is -2.50. The molecule has 2 fully saturated rings. The van der Waals surface area contributed by atoms with Crippen molar-refractivity contribution in [2.75, 3.05) is 0 Å². The van der Waals surface area contributed by atoms with Crippen molar-refractivity contribution >= 4 is 5.90 Å². The Morgan fingerprint density at radius 2 is 1.96 bits per heavy atom. The first kappa shape index (κ1) is 16.5. The van der Waals surface area contributed by atoms with E-state index in [0.29, 0.717) is 12.8 Å². The summed E-state index contributed by atoms with van der Waals surface area (Å²) in [7, 11) is 0. The monoisotopic (exact) mass is 324 g/mol. The number of nitrogens with one attached hydrogen (secondary N) is 1. The van der Waals surface area contributed by atoms with Crippen LogP contribution in [0.15, 0.2) is 12.2 Å². The third kappa shape index (κ3) is 1.63. The number of nitrogens with zero attached hydrogens (tertiary/aromatic N) is 3. The van der Waals surface area contributed by atoms with Crippen molar-refractivity contribution in [3.63, 3.8) is 0 Å². The molecule has 0 saturated carbocycles. The van der Waals surface area contributed by atoms with Gasteiger partial charge in [-0.25, -0.2) is 0 Å². The first-order chi connectivity index (χ1) is 11.5. The molecule has 2 aliphatic heterocycles. The van der Waals surface area contributed by atoms with Crippen LogP contribution in [-0.2, 0) is 9.47 Å². The van der Waals surface area contributed by atoms with E-state index in [4.69, 9.17) is 14.9 Å². The van der Waals surface area contributed by atoms with Crippen molar-refractivity contribution in [1.29, 1.82) is 21.2 Å². The fourth-order valence-electron chi connectivity index (χ4n) is 4.61. The molecule has 2 heterocycles. The predicted octanol–water partition coefficient (Wildman–Crippen LogP) is 3.03. The van der Waals surface area contributed by atoms with E-state index in [-0.39, 0.29) is 11.8 Å². The molecule has 2 saturated heterocycles. The minimum absolute atomic E-state index is 0.0463. The highest BCUT2D eigenvalue weighted by atomic mass is 16.7. The maximum atomic E-state index is 9.99. The number of hydrogen-bond acceptors (Lipinski definition) is 6. The van der Waals surface area contributed by atoms with Gasteiger partial charge < -0.3 is 9.47 Å². The normalized spacial score (nSPS) is 42.5. The van der Waals surface area contributed by atoms with Gasteiger partial charge in [-0.3, -0.25) is 5.41 Å². The van der Waals surface area contributed by atoms with Crippen LogP contribution in [-0.4, -0.2) is 17.8 Å². The quantitative estimate of drug-likeness (QED) is 0.784. The van der Waals surface area contributed by atoms with Gasteiger partial charge in [0.05, 0.1) is 30.2 Å². The second-order valence-corrected chi connectivity index (χ2v) is 6.85.